The van der Waals surface area contributed by atoms with Crippen molar-refractivity contribution in [3.8, 4) is 0 Å². The van der Waals surface area contributed by atoms with E-state index in [9.17, 15) is 14.9 Å². The molecule has 114 valence electrons. The van der Waals surface area contributed by atoms with E-state index in [4.69, 9.17) is 5.11 Å². The molecule has 0 fully saturated rings. The summed E-state index contributed by atoms with van der Waals surface area (Å²) in [6.07, 6.45) is 1.21. The largest absolute Gasteiger partial charge is 0.478 e. The molecule has 3 N–H and O–H groups in total. The summed E-state index contributed by atoms with van der Waals surface area (Å²) in [5, 5.41) is 25.6. The lowest BCUT2D eigenvalue weighted by Gasteiger charge is -2.09. The average molecular weight is 303 g/mol. The van der Waals surface area contributed by atoms with Crippen LogP contribution in [0.1, 0.15) is 17.3 Å². The van der Waals surface area contributed by atoms with Crippen LogP contribution in [0.15, 0.2) is 30.6 Å². The van der Waals surface area contributed by atoms with Gasteiger partial charge in [0.25, 0.3) is 0 Å². The van der Waals surface area contributed by atoms with Gasteiger partial charge in [-0.3, -0.25) is 10.1 Å². The van der Waals surface area contributed by atoms with E-state index in [2.05, 4.69) is 20.6 Å². The van der Waals surface area contributed by atoms with Crippen LogP contribution in [0, 0.1) is 10.1 Å². The summed E-state index contributed by atoms with van der Waals surface area (Å²) >= 11 is 0. The number of hydrogen-bond donors (Lipinski definition) is 3. The Morgan fingerprint density at radius 2 is 1.91 bits per heavy atom. The van der Waals surface area contributed by atoms with E-state index in [1.807, 2.05) is 0 Å². The summed E-state index contributed by atoms with van der Waals surface area (Å²) in [5.74, 6) is -0.903. The molecule has 9 nitrogen and oxygen atoms in total. The van der Waals surface area contributed by atoms with Gasteiger partial charge >= 0.3 is 11.7 Å². The maximum atomic E-state index is 11.2. The number of anilines is 3. The van der Waals surface area contributed by atoms with Crippen molar-refractivity contribution in [2.45, 2.75) is 6.92 Å². The molecule has 0 bridgehead atoms. The van der Waals surface area contributed by atoms with Crippen LogP contribution in [0.3, 0.4) is 0 Å². The highest BCUT2D eigenvalue weighted by molar-refractivity contribution is 5.88. The molecule has 0 aliphatic carbocycles. The number of carboxylic acid groups (broad SMARTS) is 1. The van der Waals surface area contributed by atoms with Crippen LogP contribution in [0.2, 0.25) is 0 Å². The number of carbonyl (C=O) groups is 1. The highest BCUT2D eigenvalue weighted by Gasteiger charge is 2.22. The lowest BCUT2D eigenvalue weighted by molar-refractivity contribution is -0.383. The molecular weight excluding hydrogens is 290 g/mol. The Labute approximate surface area is 125 Å². The summed E-state index contributed by atoms with van der Waals surface area (Å²) in [4.78, 5) is 29.2. The van der Waals surface area contributed by atoms with E-state index in [-0.39, 0.29) is 22.9 Å². The first-order valence-corrected chi connectivity index (χ1v) is 6.36. The average Bonchev–Trinajstić information content (AvgIpc) is 2.48. The van der Waals surface area contributed by atoms with Gasteiger partial charge in [-0.05, 0) is 31.2 Å². The van der Waals surface area contributed by atoms with E-state index in [0.717, 1.165) is 0 Å². The van der Waals surface area contributed by atoms with Crippen molar-refractivity contribution in [1.82, 2.24) is 9.97 Å². The van der Waals surface area contributed by atoms with Crippen LogP contribution in [0.5, 0.6) is 0 Å². The van der Waals surface area contributed by atoms with Crippen molar-refractivity contribution in [2.75, 3.05) is 17.2 Å². The minimum atomic E-state index is -1.05. The van der Waals surface area contributed by atoms with Crippen molar-refractivity contribution in [3.63, 3.8) is 0 Å². The molecule has 0 saturated heterocycles. The van der Waals surface area contributed by atoms with Gasteiger partial charge in [0.1, 0.15) is 6.33 Å². The standard InChI is InChI=1S/C13H13N5O4/c1-2-14-11-10(18(21)22)12(16-7-15-11)17-9-5-3-8(4-6-9)13(19)20/h3-7H,2H2,1H3,(H,19,20)(H2,14,15,16,17). The minimum absolute atomic E-state index is 0.0269. The first-order valence-electron chi connectivity index (χ1n) is 6.36. The molecule has 0 radical (unpaired) electrons. The molecule has 9 heteroatoms. The number of benzene rings is 1. The monoisotopic (exact) mass is 303 g/mol. The topological polar surface area (TPSA) is 130 Å². The Morgan fingerprint density at radius 1 is 1.27 bits per heavy atom. The Bertz CT molecular complexity index is 702. The number of rotatable bonds is 6. The van der Waals surface area contributed by atoms with Gasteiger partial charge in [-0.1, -0.05) is 0 Å². The van der Waals surface area contributed by atoms with E-state index >= 15 is 0 Å². The summed E-state index contributed by atoms with van der Waals surface area (Å²) in [5.41, 5.74) is 0.331. The first-order chi connectivity index (χ1) is 10.5. The fourth-order valence-corrected chi connectivity index (χ4v) is 1.77. The Morgan fingerprint density at radius 3 is 2.45 bits per heavy atom. The van der Waals surface area contributed by atoms with Crippen LogP contribution in [-0.2, 0) is 0 Å². The lowest BCUT2D eigenvalue weighted by atomic mass is 10.2. The summed E-state index contributed by atoms with van der Waals surface area (Å²) in [6.45, 7) is 2.27. The number of nitro groups is 1. The van der Waals surface area contributed by atoms with Crippen LogP contribution in [-0.4, -0.2) is 32.5 Å². The fourth-order valence-electron chi connectivity index (χ4n) is 1.77. The lowest BCUT2D eigenvalue weighted by Crippen LogP contribution is -2.07. The molecule has 0 atom stereocenters. The SMILES string of the molecule is CCNc1ncnc(Nc2ccc(C(=O)O)cc2)c1[N+](=O)[O-]. The number of hydrogen-bond acceptors (Lipinski definition) is 7. The van der Waals surface area contributed by atoms with E-state index in [1.165, 1.54) is 30.6 Å². The van der Waals surface area contributed by atoms with Gasteiger partial charge in [-0.2, -0.15) is 0 Å². The Balaban J connectivity index is 2.34. The van der Waals surface area contributed by atoms with Crippen molar-refractivity contribution in [1.29, 1.82) is 0 Å². The second kappa shape index (κ2) is 6.48. The van der Waals surface area contributed by atoms with Crippen molar-refractivity contribution in [3.05, 3.63) is 46.3 Å². The van der Waals surface area contributed by atoms with Gasteiger partial charge in [0.05, 0.1) is 10.5 Å². The first kappa shape index (κ1) is 15.2. The van der Waals surface area contributed by atoms with Gasteiger partial charge in [0.15, 0.2) is 0 Å². The second-order valence-electron chi connectivity index (χ2n) is 4.21. The maximum absolute atomic E-state index is 11.2. The summed E-state index contributed by atoms with van der Waals surface area (Å²) in [6, 6.07) is 5.79. The molecule has 0 aliphatic heterocycles. The molecule has 0 amide bonds. The molecule has 0 spiro atoms. The van der Waals surface area contributed by atoms with Crippen LogP contribution in [0.25, 0.3) is 0 Å². The van der Waals surface area contributed by atoms with Crippen LogP contribution < -0.4 is 10.6 Å². The molecule has 1 aromatic carbocycles. The predicted octanol–water partition coefficient (Wildman–Crippen LogP) is 2.26. The highest BCUT2D eigenvalue weighted by Crippen LogP contribution is 2.30. The quantitative estimate of drug-likeness (QED) is 0.547. The normalized spacial score (nSPS) is 10.0. The number of carboxylic acids is 1. The fraction of sp³-hybridized carbons (Fsp3) is 0.154. The number of aromatic carboxylic acids is 1. The van der Waals surface area contributed by atoms with E-state index in [0.29, 0.717) is 12.2 Å². The van der Waals surface area contributed by atoms with Crippen molar-refractivity contribution in [2.24, 2.45) is 0 Å². The summed E-state index contributed by atoms with van der Waals surface area (Å²) < 4.78 is 0. The van der Waals surface area contributed by atoms with Gasteiger partial charge in [-0.15, -0.1) is 0 Å². The highest BCUT2D eigenvalue weighted by atomic mass is 16.6. The molecule has 0 aliphatic rings. The molecule has 2 aromatic rings. The third-order valence-electron chi connectivity index (χ3n) is 2.74. The zero-order valence-corrected chi connectivity index (χ0v) is 11.6. The molecule has 1 heterocycles. The summed E-state index contributed by atoms with van der Waals surface area (Å²) in [7, 11) is 0. The van der Waals surface area contributed by atoms with Gasteiger partial charge in [0.2, 0.25) is 11.6 Å². The van der Waals surface area contributed by atoms with E-state index in [1.54, 1.807) is 6.92 Å². The third-order valence-corrected chi connectivity index (χ3v) is 2.74. The number of nitrogens with zero attached hydrogens (tertiary/aromatic N) is 3. The second-order valence-corrected chi connectivity index (χ2v) is 4.21. The molecule has 0 saturated carbocycles. The van der Waals surface area contributed by atoms with Crippen molar-refractivity contribution >= 4 is 29.0 Å². The van der Waals surface area contributed by atoms with E-state index < -0.39 is 10.9 Å². The van der Waals surface area contributed by atoms with Gasteiger partial charge in [0, 0.05) is 12.2 Å². The number of aromatic nitrogens is 2. The Hall–Kier alpha value is -3.23. The molecular formula is C13H13N5O4. The maximum Gasteiger partial charge on any atom is 0.353 e. The molecule has 1 aromatic heterocycles. The zero-order valence-electron chi connectivity index (χ0n) is 11.6. The van der Waals surface area contributed by atoms with Gasteiger partial charge in [-0.25, -0.2) is 14.8 Å². The van der Waals surface area contributed by atoms with Gasteiger partial charge < -0.3 is 15.7 Å². The third kappa shape index (κ3) is 3.26. The van der Waals surface area contributed by atoms with Crippen molar-refractivity contribution < 1.29 is 14.8 Å². The predicted molar refractivity (Wildman–Crippen MR) is 79.5 cm³/mol. The molecule has 22 heavy (non-hydrogen) atoms. The number of nitrogens with one attached hydrogen (secondary N) is 2. The Kier molecular flexibility index (Phi) is 4.47. The molecule has 2 rings (SSSR count). The smallest absolute Gasteiger partial charge is 0.353 e. The van der Waals surface area contributed by atoms with Crippen LogP contribution >= 0.6 is 0 Å². The van der Waals surface area contributed by atoms with Crippen LogP contribution in [0.4, 0.5) is 23.0 Å². The minimum Gasteiger partial charge on any atom is -0.478 e. The molecule has 0 unspecified atom stereocenters. The zero-order chi connectivity index (χ0) is 16.1.